The molecule has 0 bridgehead atoms. The van der Waals surface area contributed by atoms with Crippen molar-refractivity contribution in [3.05, 3.63) is 41.4 Å². The van der Waals surface area contributed by atoms with Crippen molar-refractivity contribution < 1.29 is 9.26 Å². The van der Waals surface area contributed by atoms with Crippen LogP contribution in [0.25, 0.3) is 11.3 Å². The van der Waals surface area contributed by atoms with Crippen LogP contribution >= 0.6 is 11.5 Å². The molecule has 0 unspecified atom stereocenters. The van der Waals surface area contributed by atoms with Crippen molar-refractivity contribution in [2.45, 2.75) is 26.4 Å². The van der Waals surface area contributed by atoms with Gasteiger partial charge in [-0.05, 0) is 42.2 Å². The van der Waals surface area contributed by atoms with Gasteiger partial charge in [0.05, 0.1) is 0 Å². The average molecular weight is 302 g/mol. The number of benzene rings is 1. The molecule has 6 nitrogen and oxygen atoms in total. The van der Waals surface area contributed by atoms with Gasteiger partial charge in [-0.15, -0.1) is 5.10 Å². The summed E-state index contributed by atoms with van der Waals surface area (Å²) in [6, 6.07) is 7.67. The molecule has 21 heavy (non-hydrogen) atoms. The van der Waals surface area contributed by atoms with Gasteiger partial charge in [-0.2, -0.15) is 4.98 Å². The molecule has 0 aliphatic rings. The van der Waals surface area contributed by atoms with Gasteiger partial charge in [-0.3, -0.25) is 0 Å². The standard InChI is InChI=1S/C14H14N4O2S/c1-2-3-13-15-14(20-17-13)8-19-11-6-4-10(5-7-11)12-9-21-18-16-12/h4-7,9H,2-3,8H2,1H3. The van der Waals surface area contributed by atoms with Crippen LogP contribution in [0, 0.1) is 0 Å². The fourth-order valence-electron chi connectivity index (χ4n) is 1.83. The molecule has 0 saturated heterocycles. The van der Waals surface area contributed by atoms with Crippen LogP contribution in [0.5, 0.6) is 5.75 Å². The molecule has 3 aromatic rings. The van der Waals surface area contributed by atoms with Gasteiger partial charge in [-0.25, -0.2) is 0 Å². The van der Waals surface area contributed by atoms with Crippen molar-refractivity contribution in [2.75, 3.05) is 0 Å². The first kappa shape index (κ1) is 13.7. The third kappa shape index (κ3) is 3.43. The SMILES string of the molecule is CCCc1noc(COc2ccc(-c3csnn3)cc2)n1. The lowest BCUT2D eigenvalue weighted by atomic mass is 10.2. The Bertz CT molecular complexity index is 679. The maximum atomic E-state index is 5.63. The Morgan fingerprint density at radius 3 is 2.81 bits per heavy atom. The molecule has 0 atom stereocenters. The lowest BCUT2D eigenvalue weighted by Gasteiger charge is -2.03. The van der Waals surface area contributed by atoms with E-state index in [9.17, 15) is 0 Å². The van der Waals surface area contributed by atoms with E-state index >= 15 is 0 Å². The third-order valence-corrected chi connectivity index (χ3v) is 3.36. The second kappa shape index (κ2) is 6.45. The highest BCUT2D eigenvalue weighted by Crippen LogP contribution is 2.21. The summed E-state index contributed by atoms with van der Waals surface area (Å²) in [6.45, 7) is 2.35. The van der Waals surface area contributed by atoms with Crippen LogP contribution in [-0.2, 0) is 13.0 Å². The summed E-state index contributed by atoms with van der Waals surface area (Å²) in [6.07, 6.45) is 1.81. The Kier molecular flexibility index (Phi) is 4.20. The monoisotopic (exact) mass is 302 g/mol. The largest absolute Gasteiger partial charge is 0.484 e. The first-order valence-corrected chi connectivity index (χ1v) is 7.50. The number of nitrogens with zero attached hydrogens (tertiary/aromatic N) is 4. The number of aromatic nitrogens is 4. The van der Waals surface area contributed by atoms with Crippen molar-refractivity contribution in [3.8, 4) is 17.0 Å². The smallest absolute Gasteiger partial charge is 0.264 e. The van der Waals surface area contributed by atoms with Gasteiger partial charge in [0.15, 0.2) is 12.4 Å². The quantitative estimate of drug-likeness (QED) is 0.696. The van der Waals surface area contributed by atoms with E-state index in [0.717, 1.165) is 35.7 Å². The molecule has 2 heterocycles. The van der Waals surface area contributed by atoms with Crippen LogP contribution in [0.2, 0.25) is 0 Å². The van der Waals surface area contributed by atoms with Gasteiger partial charge in [0, 0.05) is 17.4 Å². The first-order valence-electron chi connectivity index (χ1n) is 6.67. The second-order valence-corrected chi connectivity index (χ2v) is 5.07. The van der Waals surface area contributed by atoms with Crippen LogP contribution in [0.1, 0.15) is 25.1 Å². The normalized spacial score (nSPS) is 10.7. The molecule has 0 amide bonds. The summed E-state index contributed by atoms with van der Waals surface area (Å²) in [7, 11) is 0. The number of hydrogen-bond acceptors (Lipinski definition) is 7. The molecule has 1 aromatic carbocycles. The minimum Gasteiger partial charge on any atom is -0.484 e. The Hall–Kier alpha value is -2.28. The lowest BCUT2D eigenvalue weighted by Crippen LogP contribution is -1.96. The number of hydrogen-bond donors (Lipinski definition) is 0. The minimum atomic E-state index is 0.272. The van der Waals surface area contributed by atoms with Crippen molar-refractivity contribution in [2.24, 2.45) is 0 Å². The van der Waals surface area contributed by atoms with Gasteiger partial charge in [0.2, 0.25) is 0 Å². The molecule has 0 spiro atoms. The molecule has 108 valence electrons. The van der Waals surface area contributed by atoms with Crippen LogP contribution in [0.4, 0.5) is 0 Å². The highest BCUT2D eigenvalue weighted by Gasteiger charge is 2.07. The van der Waals surface area contributed by atoms with Crippen molar-refractivity contribution in [1.82, 2.24) is 19.7 Å². The first-order chi connectivity index (χ1) is 10.3. The lowest BCUT2D eigenvalue weighted by molar-refractivity contribution is 0.242. The molecule has 0 saturated carbocycles. The molecular weight excluding hydrogens is 288 g/mol. The van der Waals surface area contributed by atoms with Gasteiger partial charge in [0.25, 0.3) is 5.89 Å². The molecular formula is C14H14N4O2S. The second-order valence-electron chi connectivity index (χ2n) is 4.46. The molecule has 7 heteroatoms. The van der Waals surface area contributed by atoms with Crippen LogP contribution in [0.3, 0.4) is 0 Å². The summed E-state index contributed by atoms with van der Waals surface area (Å²) < 4.78 is 14.6. The zero-order valence-electron chi connectivity index (χ0n) is 11.5. The van der Waals surface area contributed by atoms with E-state index in [2.05, 4.69) is 26.7 Å². The number of ether oxygens (including phenoxy) is 1. The highest BCUT2D eigenvalue weighted by molar-refractivity contribution is 7.03. The van der Waals surface area contributed by atoms with E-state index in [-0.39, 0.29) is 6.61 Å². The topological polar surface area (TPSA) is 73.9 Å². The van der Waals surface area contributed by atoms with Crippen molar-refractivity contribution in [3.63, 3.8) is 0 Å². The van der Waals surface area contributed by atoms with E-state index in [1.54, 1.807) is 0 Å². The summed E-state index contributed by atoms with van der Waals surface area (Å²) in [5.74, 6) is 1.96. The zero-order chi connectivity index (χ0) is 14.5. The van der Waals surface area contributed by atoms with E-state index in [0.29, 0.717) is 5.89 Å². The number of rotatable bonds is 6. The summed E-state index contributed by atoms with van der Waals surface area (Å²) >= 11 is 1.33. The van der Waals surface area contributed by atoms with Crippen molar-refractivity contribution >= 4 is 11.5 Å². The van der Waals surface area contributed by atoms with E-state index in [1.165, 1.54) is 11.5 Å². The Morgan fingerprint density at radius 1 is 1.24 bits per heavy atom. The summed E-state index contributed by atoms with van der Waals surface area (Å²) in [5.41, 5.74) is 1.88. The third-order valence-electron chi connectivity index (χ3n) is 2.86. The maximum Gasteiger partial charge on any atom is 0.264 e. The average Bonchev–Trinajstić information content (AvgIpc) is 3.18. The fraction of sp³-hybridized carbons (Fsp3) is 0.286. The Morgan fingerprint density at radius 2 is 2.10 bits per heavy atom. The maximum absolute atomic E-state index is 5.63. The fourth-order valence-corrected chi connectivity index (χ4v) is 2.30. The Labute approximate surface area is 125 Å². The number of aryl methyl sites for hydroxylation is 1. The predicted octanol–water partition coefficient (Wildman–Crippen LogP) is 3.12. The van der Waals surface area contributed by atoms with E-state index in [1.807, 2.05) is 29.6 Å². The van der Waals surface area contributed by atoms with Crippen LogP contribution < -0.4 is 4.74 Å². The van der Waals surface area contributed by atoms with Gasteiger partial charge in [0.1, 0.15) is 11.4 Å². The van der Waals surface area contributed by atoms with Crippen molar-refractivity contribution in [1.29, 1.82) is 0 Å². The van der Waals surface area contributed by atoms with Crippen LogP contribution in [0.15, 0.2) is 34.2 Å². The molecule has 0 N–H and O–H groups in total. The van der Waals surface area contributed by atoms with Gasteiger partial charge < -0.3 is 9.26 Å². The zero-order valence-corrected chi connectivity index (χ0v) is 12.3. The molecule has 2 aromatic heterocycles. The minimum absolute atomic E-state index is 0.272. The molecule has 0 aliphatic carbocycles. The van der Waals surface area contributed by atoms with E-state index in [4.69, 9.17) is 9.26 Å². The summed E-state index contributed by atoms with van der Waals surface area (Å²) in [4.78, 5) is 4.25. The highest BCUT2D eigenvalue weighted by atomic mass is 32.1. The molecule has 0 radical (unpaired) electrons. The Balaban J connectivity index is 1.60. The van der Waals surface area contributed by atoms with Gasteiger partial charge >= 0.3 is 0 Å². The molecule has 3 rings (SSSR count). The van der Waals surface area contributed by atoms with E-state index < -0.39 is 0 Å². The molecule has 0 aliphatic heterocycles. The van der Waals surface area contributed by atoms with Gasteiger partial charge in [-0.1, -0.05) is 16.6 Å². The molecule has 0 fully saturated rings. The van der Waals surface area contributed by atoms with Crippen LogP contribution in [-0.4, -0.2) is 19.7 Å². The summed E-state index contributed by atoms with van der Waals surface area (Å²) in [5, 5.41) is 9.82. The predicted molar refractivity (Wildman–Crippen MR) is 78.0 cm³/mol.